The standard InChI is InChI=1S/C13H15F2NO2/c1-3-16-6-12-9(7-17-2)13-10(15)4-8(14)5-11(13)18-12/h4-5,16H,3,6-7H2,1-2H3. The fourth-order valence-corrected chi connectivity index (χ4v) is 1.94. The van der Waals surface area contributed by atoms with E-state index in [1.54, 1.807) is 0 Å². The Balaban J connectivity index is 2.56. The number of fused-ring (bicyclic) bond motifs is 1. The maximum absolute atomic E-state index is 13.8. The monoisotopic (exact) mass is 255 g/mol. The van der Waals surface area contributed by atoms with E-state index in [2.05, 4.69) is 5.32 Å². The van der Waals surface area contributed by atoms with Crippen molar-refractivity contribution in [2.75, 3.05) is 13.7 Å². The van der Waals surface area contributed by atoms with Crippen LogP contribution in [-0.2, 0) is 17.9 Å². The molecule has 0 atom stereocenters. The molecule has 3 nitrogen and oxygen atoms in total. The first-order valence-corrected chi connectivity index (χ1v) is 5.76. The minimum absolute atomic E-state index is 0.215. The summed E-state index contributed by atoms with van der Waals surface area (Å²) in [4.78, 5) is 0. The summed E-state index contributed by atoms with van der Waals surface area (Å²) in [6, 6.07) is 2.04. The van der Waals surface area contributed by atoms with Crippen LogP contribution in [0.1, 0.15) is 18.2 Å². The minimum atomic E-state index is -0.646. The molecule has 0 saturated carbocycles. The highest BCUT2D eigenvalue weighted by Gasteiger charge is 2.18. The summed E-state index contributed by atoms with van der Waals surface area (Å²) in [5.74, 6) is -0.686. The molecule has 98 valence electrons. The predicted octanol–water partition coefficient (Wildman–Crippen LogP) is 2.97. The van der Waals surface area contributed by atoms with Crippen LogP contribution in [0.15, 0.2) is 16.5 Å². The van der Waals surface area contributed by atoms with Gasteiger partial charge in [-0.25, -0.2) is 8.78 Å². The van der Waals surface area contributed by atoms with Crippen molar-refractivity contribution in [3.05, 3.63) is 35.1 Å². The summed E-state index contributed by atoms with van der Waals surface area (Å²) in [6.45, 7) is 3.42. The van der Waals surface area contributed by atoms with Gasteiger partial charge in [-0.05, 0) is 6.54 Å². The molecule has 0 radical (unpaired) electrons. The summed E-state index contributed by atoms with van der Waals surface area (Å²) in [5, 5.41) is 3.39. The molecule has 1 aromatic heterocycles. The molecular weight excluding hydrogens is 240 g/mol. The zero-order chi connectivity index (χ0) is 13.1. The van der Waals surface area contributed by atoms with E-state index < -0.39 is 11.6 Å². The van der Waals surface area contributed by atoms with E-state index >= 15 is 0 Å². The molecule has 1 aromatic carbocycles. The first-order valence-electron chi connectivity index (χ1n) is 5.76. The lowest BCUT2D eigenvalue weighted by molar-refractivity contribution is 0.183. The third-order valence-electron chi connectivity index (χ3n) is 2.71. The highest BCUT2D eigenvalue weighted by Crippen LogP contribution is 2.29. The lowest BCUT2D eigenvalue weighted by atomic mass is 10.1. The van der Waals surface area contributed by atoms with E-state index in [0.717, 1.165) is 12.6 Å². The van der Waals surface area contributed by atoms with Crippen molar-refractivity contribution in [3.63, 3.8) is 0 Å². The van der Waals surface area contributed by atoms with Crippen LogP contribution < -0.4 is 5.32 Å². The molecule has 0 aliphatic rings. The Morgan fingerprint density at radius 2 is 2.11 bits per heavy atom. The average Bonchev–Trinajstić information content (AvgIpc) is 2.65. The number of hydrogen-bond donors (Lipinski definition) is 1. The highest BCUT2D eigenvalue weighted by molar-refractivity contribution is 5.83. The predicted molar refractivity (Wildman–Crippen MR) is 64.2 cm³/mol. The number of halogens is 2. The molecule has 0 spiro atoms. The number of ether oxygens (including phenoxy) is 1. The lowest BCUT2D eigenvalue weighted by Crippen LogP contribution is -2.12. The first kappa shape index (κ1) is 13.0. The molecule has 0 bridgehead atoms. The van der Waals surface area contributed by atoms with Gasteiger partial charge in [0.2, 0.25) is 0 Å². The van der Waals surface area contributed by atoms with E-state index in [1.165, 1.54) is 13.2 Å². The maximum atomic E-state index is 13.8. The maximum Gasteiger partial charge on any atom is 0.140 e. The Hall–Kier alpha value is -1.46. The Bertz CT molecular complexity index is 551. The summed E-state index contributed by atoms with van der Waals surface area (Å²) < 4.78 is 37.5. The van der Waals surface area contributed by atoms with E-state index in [1.807, 2.05) is 6.92 Å². The van der Waals surface area contributed by atoms with Gasteiger partial charge in [-0.1, -0.05) is 6.92 Å². The molecule has 0 amide bonds. The van der Waals surface area contributed by atoms with Crippen molar-refractivity contribution >= 4 is 11.0 Å². The number of benzene rings is 1. The Kier molecular flexibility index (Phi) is 3.93. The minimum Gasteiger partial charge on any atom is -0.459 e. The van der Waals surface area contributed by atoms with Gasteiger partial charge < -0.3 is 14.5 Å². The second kappa shape index (κ2) is 5.46. The van der Waals surface area contributed by atoms with Gasteiger partial charge in [0.15, 0.2) is 0 Å². The third kappa shape index (κ3) is 2.37. The largest absolute Gasteiger partial charge is 0.459 e. The van der Waals surface area contributed by atoms with Crippen LogP contribution in [0.2, 0.25) is 0 Å². The topological polar surface area (TPSA) is 34.4 Å². The van der Waals surface area contributed by atoms with Crippen LogP contribution in [0.25, 0.3) is 11.0 Å². The average molecular weight is 255 g/mol. The molecular formula is C13H15F2NO2. The van der Waals surface area contributed by atoms with Gasteiger partial charge in [0.1, 0.15) is 23.0 Å². The van der Waals surface area contributed by atoms with Gasteiger partial charge in [0.25, 0.3) is 0 Å². The van der Waals surface area contributed by atoms with Gasteiger partial charge >= 0.3 is 0 Å². The van der Waals surface area contributed by atoms with Gasteiger partial charge in [-0.2, -0.15) is 0 Å². The number of rotatable bonds is 5. The van der Waals surface area contributed by atoms with E-state index in [4.69, 9.17) is 9.15 Å². The fraction of sp³-hybridized carbons (Fsp3) is 0.385. The summed E-state index contributed by atoms with van der Waals surface area (Å²) in [7, 11) is 1.53. The van der Waals surface area contributed by atoms with Crippen molar-refractivity contribution in [2.24, 2.45) is 0 Å². The number of furan rings is 1. The molecule has 0 aliphatic carbocycles. The zero-order valence-electron chi connectivity index (χ0n) is 10.3. The summed E-state index contributed by atoms with van der Waals surface area (Å²) in [6.07, 6.45) is 0. The van der Waals surface area contributed by atoms with Gasteiger partial charge in [-0.3, -0.25) is 0 Å². The van der Waals surface area contributed by atoms with Crippen LogP contribution in [0, 0.1) is 11.6 Å². The first-order chi connectivity index (χ1) is 8.67. The number of hydrogen-bond acceptors (Lipinski definition) is 3. The second-order valence-corrected chi connectivity index (χ2v) is 3.98. The summed E-state index contributed by atoms with van der Waals surface area (Å²) >= 11 is 0. The molecule has 0 fully saturated rings. The molecule has 1 heterocycles. The Morgan fingerprint density at radius 3 is 2.78 bits per heavy atom. The molecule has 18 heavy (non-hydrogen) atoms. The van der Waals surface area contributed by atoms with Gasteiger partial charge in [-0.15, -0.1) is 0 Å². The number of nitrogens with one attached hydrogen (secondary N) is 1. The van der Waals surface area contributed by atoms with Crippen LogP contribution >= 0.6 is 0 Å². The summed E-state index contributed by atoms with van der Waals surface area (Å²) in [5.41, 5.74) is 0.846. The van der Waals surface area contributed by atoms with Gasteiger partial charge in [0.05, 0.1) is 18.5 Å². The van der Waals surface area contributed by atoms with Crippen LogP contribution in [0.3, 0.4) is 0 Å². The highest BCUT2D eigenvalue weighted by atomic mass is 19.1. The van der Waals surface area contributed by atoms with E-state index in [0.29, 0.717) is 23.3 Å². The molecule has 2 rings (SSSR count). The number of methoxy groups -OCH3 is 1. The SMILES string of the molecule is CCNCc1oc2cc(F)cc(F)c2c1COC. The molecule has 5 heteroatoms. The third-order valence-corrected chi connectivity index (χ3v) is 2.71. The van der Waals surface area contributed by atoms with Crippen LogP contribution in [0.4, 0.5) is 8.78 Å². The van der Waals surface area contributed by atoms with E-state index in [-0.39, 0.29) is 12.2 Å². The quantitative estimate of drug-likeness (QED) is 0.892. The second-order valence-electron chi connectivity index (χ2n) is 3.98. The molecule has 2 aromatic rings. The molecule has 1 N–H and O–H groups in total. The molecule has 0 aliphatic heterocycles. The molecule has 0 saturated heterocycles. The Labute approximate surface area is 104 Å². The fourth-order valence-electron chi connectivity index (χ4n) is 1.94. The van der Waals surface area contributed by atoms with Crippen molar-refractivity contribution < 1.29 is 17.9 Å². The van der Waals surface area contributed by atoms with Crippen molar-refractivity contribution in [1.82, 2.24) is 5.32 Å². The Morgan fingerprint density at radius 1 is 1.33 bits per heavy atom. The van der Waals surface area contributed by atoms with Gasteiger partial charge in [0, 0.05) is 24.8 Å². The zero-order valence-corrected chi connectivity index (χ0v) is 10.3. The lowest BCUT2D eigenvalue weighted by Gasteiger charge is -2.02. The van der Waals surface area contributed by atoms with Crippen molar-refractivity contribution in [2.45, 2.75) is 20.1 Å². The van der Waals surface area contributed by atoms with Crippen LogP contribution in [0.5, 0.6) is 0 Å². The molecule has 0 unspecified atom stereocenters. The normalized spacial score (nSPS) is 11.3. The van der Waals surface area contributed by atoms with Crippen molar-refractivity contribution in [3.8, 4) is 0 Å². The van der Waals surface area contributed by atoms with E-state index in [9.17, 15) is 8.78 Å². The smallest absolute Gasteiger partial charge is 0.140 e. The van der Waals surface area contributed by atoms with Crippen LogP contribution in [-0.4, -0.2) is 13.7 Å². The van der Waals surface area contributed by atoms with Crippen molar-refractivity contribution in [1.29, 1.82) is 0 Å².